The fourth-order valence-electron chi connectivity index (χ4n) is 5.57. The van der Waals surface area contributed by atoms with E-state index in [4.69, 9.17) is 68.7 Å². The second kappa shape index (κ2) is 43.5. The number of carbonyl (C=O) groups excluding carboxylic acids is 7. The Morgan fingerprint density at radius 3 is 1.02 bits per heavy atom. The molecule has 4 rings (SSSR count). The van der Waals surface area contributed by atoms with E-state index in [1.165, 1.54) is 12.1 Å². The van der Waals surface area contributed by atoms with Gasteiger partial charge in [-0.15, -0.1) is 0 Å². The average molecular weight is 1290 g/mol. The topological polar surface area (TPSA) is 381 Å². The molecule has 0 fully saturated rings. The third-order valence-corrected chi connectivity index (χ3v) is 10.6. The van der Waals surface area contributed by atoms with Crippen molar-refractivity contribution in [3.05, 3.63) is 138 Å². The second-order valence-electron chi connectivity index (χ2n) is 22.3. The zero-order valence-electron chi connectivity index (χ0n) is 53.8. The van der Waals surface area contributed by atoms with Gasteiger partial charge in [-0.1, -0.05) is 119 Å². The highest BCUT2D eigenvalue weighted by Crippen LogP contribution is 2.17. The van der Waals surface area contributed by atoms with Crippen molar-refractivity contribution in [1.82, 2.24) is 26.1 Å². The maximum Gasteiger partial charge on any atom is 0.444 e. The molecule has 0 aliphatic heterocycles. The smallest absolute Gasteiger partial charge is 0.444 e. The van der Waals surface area contributed by atoms with Crippen LogP contribution in [0.1, 0.15) is 105 Å². The number of hydrogen-bond acceptors (Lipinski definition) is 23. The lowest BCUT2D eigenvalue weighted by atomic mass is 10.2. The number of nitrogens with zero attached hydrogens (tertiary/aromatic N) is 2. The Hall–Kier alpha value is -8.16. The quantitative estimate of drug-likeness (QED) is 0.0178. The first-order chi connectivity index (χ1) is 42.0. The number of imide groups is 2. The van der Waals surface area contributed by atoms with E-state index >= 15 is 0 Å². The van der Waals surface area contributed by atoms with Gasteiger partial charge in [0.05, 0.1) is 37.9 Å². The van der Waals surface area contributed by atoms with Crippen molar-refractivity contribution in [1.29, 1.82) is 0 Å². The lowest BCUT2D eigenvalue weighted by molar-refractivity contribution is -0.137. The monoisotopic (exact) mass is 1290 g/mol. The summed E-state index contributed by atoms with van der Waals surface area (Å²) in [6.45, 7) is 22.8. The van der Waals surface area contributed by atoms with Gasteiger partial charge in [-0.3, -0.25) is 13.9 Å². The molecule has 0 aliphatic carbocycles. The molecule has 0 saturated heterocycles. The van der Waals surface area contributed by atoms with E-state index in [1.54, 1.807) is 95.2 Å². The van der Waals surface area contributed by atoms with E-state index in [0.29, 0.717) is 16.7 Å². The number of nitrogens with two attached hydrogens (primary N) is 2. The summed E-state index contributed by atoms with van der Waals surface area (Å²) < 4.78 is 64.1. The van der Waals surface area contributed by atoms with Gasteiger partial charge in [-0.25, -0.2) is 33.6 Å². The highest BCUT2D eigenvalue weighted by atomic mass is 32.2. The van der Waals surface area contributed by atoms with Crippen molar-refractivity contribution in [3.8, 4) is 0 Å². The minimum absolute atomic E-state index is 0.00150. The molecule has 0 unspecified atom stereocenters. The number of carbonyl (C=O) groups is 7. The summed E-state index contributed by atoms with van der Waals surface area (Å²) in [4.78, 5) is 92.5. The van der Waals surface area contributed by atoms with Crippen LogP contribution in [0.4, 0.5) is 33.6 Å². The number of amides is 7. The Labute approximate surface area is 528 Å². The number of ether oxygens (including phenoxy) is 7. The number of nitrogens with one attached hydrogen (secondary N) is 3. The molecule has 0 bridgehead atoms. The number of hydroxylamine groups is 4. The Morgan fingerprint density at radius 1 is 0.433 bits per heavy atom. The van der Waals surface area contributed by atoms with Gasteiger partial charge in [-0.2, -0.15) is 8.42 Å². The second-order valence-corrected chi connectivity index (χ2v) is 23.9. The third-order valence-electron chi connectivity index (χ3n) is 9.24. The van der Waals surface area contributed by atoms with Crippen molar-refractivity contribution in [2.24, 2.45) is 11.5 Å². The summed E-state index contributed by atoms with van der Waals surface area (Å²) >= 11 is 0. The summed E-state index contributed by atoms with van der Waals surface area (Å²) in [7, 11) is -3.82. The summed E-state index contributed by atoms with van der Waals surface area (Å²) in [6, 6.07) is 34.2. The number of aliphatic hydroxyl groups is 2. The van der Waals surface area contributed by atoms with E-state index in [0.717, 1.165) is 22.3 Å². The predicted octanol–water partition coefficient (Wildman–Crippen LogP) is 8.53. The molecule has 4 aromatic rings. The number of rotatable bonds is 21. The highest BCUT2D eigenvalue weighted by molar-refractivity contribution is 7.86. The van der Waals surface area contributed by atoms with Gasteiger partial charge in [0.1, 0.15) is 42.2 Å². The molecule has 29 heteroatoms. The molecule has 0 saturated carbocycles. The van der Waals surface area contributed by atoms with E-state index in [9.17, 15) is 42.0 Å². The van der Waals surface area contributed by atoms with Crippen molar-refractivity contribution < 1.29 is 99.2 Å². The molecular formula is C61H93N7O21S. The summed E-state index contributed by atoms with van der Waals surface area (Å²) in [5.41, 5.74) is 10.5. The molecule has 0 aromatic heterocycles. The summed E-state index contributed by atoms with van der Waals surface area (Å²) in [5.74, 6) is 0. The molecule has 90 heavy (non-hydrogen) atoms. The molecule has 0 aliphatic rings. The van der Waals surface area contributed by atoms with Crippen molar-refractivity contribution in [2.75, 3.05) is 65.8 Å². The van der Waals surface area contributed by atoms with E-state index in [2.05, 4.69) is 16.0 Å². The Balaban J connectivity index is 0.00000118. The molecule has 4 aromatic carbocycles. The van der Waals surface area contributed by atoms with Gasteiger partial charge in [0.25, 0.3) is 10.1 Å². The summed E-state index contributed by atoms with van der Waals surface area (Å²) in [5, 5.41) is 24.3. The average Bonchev–Trinajstić information content (AvgIpc) is 2.07. The third kappa shape index (κ3) is 43.5. The standard InChI is InChI=1S/C20H30N2O7.C17H19NO5S.C12H24N2O5.C10H13NO3.C2H7NO/c1-19(2,3)28-17(24)22(18(25)29-20(4,5)6)27-13-12-21-16(23)26-14-15-10-8-7-9-11-15;1-14-7-9-16(10-8-14)24(20,21)23-12-11-18-17(19)22-13-15-5-3-2-4-6-15;1-11(2,3)18-9(15)14(17-8-7-13)10(16)19-12(4,5)6;12-7-6-11-10(13)14-8-9-4-2-1-3-5-9;3-1-2-4/h7-11H,12-14H2,1-6H3,(H,21,23);2-10H,11-13H2,1H3,(H,18,19);7-8,13H2,1-6H3;1-5,12H,6-8H2,(H,11,13);4H,1-3H2. The van der Waals surface area contributed by atoms with Crippen LogP contribution in [0.5, 0.6) is 0 Å². The zero-order chi connectivity index (χ0) is 68.4. The molecule has 7 amide bonds. The van der Waals surface area contributed by atoms with E-state index in [1.807, 2.05) is 97.9 Å². The molecule has 9 N–H and O–H groups in total. The van der Waals surface area contributed by atoms with Crippen LogP contribution in [-0.2, 0) is 77.0 Å². The van der Waals surface area contributed by atoms with Gasteiger partial charge in [0.15, 0.2) is 0 Å². The van der Waals surface area contributed by atoms with Crippen molar-refractivity contribution >= 4 is 52.8 Å². The van der Waals surface area contributed by atoms with Gasteiger partial charge in [0.2, 0.25) is 0 Å². The maximum atomic E-state index is 12.2. The lowest BCUT2D eigenvalue weighted by Crippen LogP contribution is -2.44. The molecule has 0 radical (unpaired) electrons. The fraction of sp³-hybridized carbons (Fsp3) is 0.492. The van der Waals surface area contributed by atoms with Gasteiger partial charge < -0.3 is 70.8 Å². The Morgan fingerprint density at radius 2 is 0.733 bits per heavy atom. The first kappa shape index (κ1) is 81.8. The number of aryl methyl sites for hydroxylation is 1. The molecular weight excluding hydrogens is 1200 g/mol. The van der Waals surface area contributed by atoms with Crippen LogP contribution in [0.25, 0.3) is 0 Å². The largest absolute Gasteiger partial charge is 0.445 e. The van der Waals surface area contributed by atoms with Crippen LogP contribution >= 0.6 is 0 Å². The van der Waals surface area contributed by atoms with Crippen molar-refractivity contribution in [3.63, 3.8) is 0 Å². The molecule has 0 spiro atoms. The lowest BCUT2D eigenvalue weighted by Gasteiger charge is -2.27. The van der Waals surface area contributed by atoms with Crippen molar-refractivity contribution in [2.45, 2.75) is 137 Å². The van der Waals surface area contributed by atoms with E-state index < -0.39 is 75.2 Å². The normalized spacial score (nSPS) is 10.9. The zero-order valence-corrected chi connectivity index (χ0v) is 54.6. The Bertz CT molecular complexity index is 2740. The van der Waals surface area contributed by atoms with Gasteiger partial charge >= 0.3 is 42.7 Å². The highest BCUT2D eigenvalue weighted by Gasteiger charge is 2.34. The van der Waals surface area contributed by atoms with E-state index in [-0.39, 0.29) is 83.9 Å². The fourth-order valence-corrected chi connectivity index (χ4v) is 6.47. The first-order valence-electron chi connectivity index (χ1n) is 28.2. The van der Waals surface area contributed by atoms with Crippen LogP contribution in [0.2, 0.25) is 0 Å². The number of alkyl carbamates (subject to hydrolysis) is 3. The van der Waals surface area contributed by atoms with Crippen LogP contribution in [-0.4, -0.2) is 160 Å². The Kier molecular flexibility index (Phi) is 39.6. The summed E-state index contributed by atoms with van der Waals surface area (Å²) in [6.07, 6.45) is -5.70. The first-order valence-corrected chi connectivity index (χ1v) is 29.7. The van der Waals surface area contributed by atoms with Gasteiger partial charge in [-0.05, 0) is 119 Å². The number of aliphatic hydroxyl groups excluding tert-OH is 2. The van der Waals surface area contributed by atoms with Crippen LogP contribution in [0, 0.1) is 6.92 Å². The minimum Gasteiger partial charge on any atom is -0.445 e. The predicted molar refractivity (Wildman–Crippen MR) is 331 cm³/mol. The molecule has 28 nitrogen and oxygen atoms in total. The van der Waals surface area contributed by atoms with Crippen LogP contribution < -0.4 is 27.4 Å². The SMILES string of the molecule is CC(C)(C)OC(=O)N(OCCN)C(=O)OC(C)(C)C.CC(C)(C)OC(=O)N(OCCNC(=O)OCc1ccccc1)C(=O)OC(C)(C)C.Cc1ccc(S(=O)(=O)OCCNC(=O)OCc2ccccc2)cc1.NCCO.O=C(NCCO)OCc1ccccc1. The van der Waals surface area contributed by atoms with Gasteiger partial charge in [0, 0.05) is 32.7 Å². The van der Waals surface area contributed by atoms with Crippen LogP contribution in [0.15, 0.2) is 120 Å². The maximum absolute atomic E-state index is 12.2. The number of benzene rings is 4. The number of hydrogen-bond donors (Lipinski definition) is 7. The van der Waals surface area contributed by atoms with Crippen LogP contribution in [0.3, 0.4) is 0 Å². The molecule has 0 atom stereocenters. The molecule has 504 valence electrons. The minimum atomic E-state index is -3.82. The molecule has 0 heterocycles.